The highest BCUT2D eigenvalue weighted by atomic mass is 35.5. The molecule has 0 radical (unpaired) electrons. The van der Waals surface area contributed by atoms with E-state index >= 15 is 0 Å². The van der Waals surface area contributed by atoms with Crippen molar-refractivity contribution in [1.29, 1.82) is 0 Å². The Balaban J connectivity index is 3.21. The molecule has 0 saturated heterocycles. The number of nitrogens with one attached hydrogen (secondary N) is 1. The zero-order valence-electron chi connectivity index (χ0n) is 10.1. The molecule has 0 bridgehead atoms. The normalized spacial score (nSPS) is 13.1. The monoisotopic (exact) mass is 361 g/mol. The van der Waals surface area contributed by atoms with Crippen LogP contribution in [0.2, 0.25) is 15.1 Å². The molecule has 0 spiro atoms. The largest absolute Gasteiger partial charge is 0.468 e. The highest BCUT2D eigenvalue weighted by Gasteiger charge is 2.29. The summed E-state index contributed by atoms with van der Waals surface area (Å²) in [5.74, 6) is -0.947. The lowest BCUT2D eigenvalue weighted by Crippen LogP contribution is -2.44. The smallest absolute Gasteiger partial charge is 0.326 e. The molecule has 0 aliphatic carbocycles. The molecule has 2 N–H and O–H groups in total. The molecule has 1 rings (SSSR count). The molecular weight excluding hydrogens is 353 g/mol. The van der Waals surface area contributed by atoms with Crippen molar-refractivity contribution in [3.8, 4) is 0 Å². The fourth-order valence-electron chi connectivity index (χ4n) is 1.33. The number of ether oxygens (including phenoxy) is 1. The zero-order valence-corrected chi connectivity index (χ0v) is 13.1. The lowest BCUT2D eigenvalue weighted by molar-refractivity contribution is -0.143. The van der Waals surface area contributed by atoms with Crippen LogP contribution in [0.1, 0.15) is 0 Å². The number of carbonyl (C=O) groups is 1. The lowest BCUT2D eigenvalue weighted by Gasteiger charge is -2.15. The van der Waals surface area contributed by atoms with Crippen molar-refractivity contribution < 1.29 is 23.1 Å². The van der Waals surface area contributed by atoms with E-state index in [4.69, 9.17) is 39.9 Å². The van der Waals surface area contributed by atoms with E-state index in [0.29, 0.717) is 0 Å². The minimum atomic E-state index is -4.24. The second-order valence-corrected chi connectivity index (χ2v) is 6.48. The van der Waals surface area contributed by atoms with E-state index in [2.05, 4.69) is 4.74 Å². The van der Waals surface area contributed by atoms with Gasteiger partial charge in [-0.25, -0.2) is 8.42 Å². The molecule has 0 aliphatic heterocycles. The molecule has 20 heavy (non-hydrogen) atoms. The van der Waals surface area contributed by atoms with Gasteiger partial charge in [0.25, 0.3) is 0 Å². The van der Waals surface area contributed by atoms with E-state index in [1.807, 2.05) is 4.72 Å². The summed E-state index contributed by atoms with van der Waals surface area (Å²) < 4.78 is 30.6. The molecule has 1 unspecified atom stereocenters. The van der Waals surface area contributed by atoms with E-state index in [1.165, 1.54) is 12.1 Å². The molecule has 1 atom stereocenters. The second kappa shape index (κ2) is 6.93. The van der Waals surface area contributed by atoms with Gasteiger partial charge in [0.1, 0.15) is 10.9 Å². The van der Waals surface area contributed by atoms with Gasteiger partial charge >= 0.3 is 5.97 Å². The molecule has 0 fully saturated rings. The molecule has 0 amide bonds. The molecule has 0 aromatic heterocycles. The third-order valence-corrected chi connectivity index (χ3v) is 4.81. The van der Waals surface area contributed by atoms with Gasteiger partial charge in [0.15, 0.2) is 0 Å². The van der Waals surface area contributed by atoms with Crippen LogP contribution in [0.25, 0.3) is 0 Å². The van der Waals surface area contributed by atoms with Crippen molar-refractivity contribution in [2.45, 2.75) is 10.9 Å². The summed E-state index contributed by atoms with van der Waals surface area (Å²) in [7, 11) is -3.18. The Labute approximate surface area is 130 Å². The predicted octanol–water partition coefficient (Wildman–Crippen LogP) is 1.46. The van der Waals surface area contributed by atoms with Crippen molar-refractivity contribution in [3.63, 3.8) is 0 Å². The highest BCUT2D eigenvalue weighted by molar-refractivity contribution is 7.89. The Bertz CT molecular complexity index is 596. The zero-order chi connectivity index (χ0) is 15.5. The number of halogens is 3. The summed E-state index contributed by atoms with van der Waals surface area (Å²) in [5, 5.41) is 8.74. The number of hydrogen-bond acceptors (Lipinski definition) is 5. The third kappa shape index (κ3) is 3.97. The number of aliphatic hydroxyl groups excluding tert-OH is 1. The van der Waals surface area contributed by atoms with Gasteiger partial charge in [0.05, 0.1) is 23.8 Å². The van der Waals surface area contributed by atoms with Gasteiger partial charge in [0.2, 0.25) is 10.0 Å². The predicted molar refractivity (Wildman–Crippen MR) is 74.7 cm³/mol. The molecule has 6 nitrogen and oxygen atoms in total. The van der Waals surface area contributed by atoms with Crippen LogP contribution in [0.5, 0.6) is 0 Å². The van der Waals surface area contributed by atoms with Crippen molar-refractivity contribution in [3.05, 3.63) is 27.2 Å². The average molecular weight is 363 g/mol. The molecule has 0 saturated carbocycles. The number of rotatable bonds is 5. The molecule has 1 aromatic rings. The van der Waals surface area contributed by atoms with E-state index in [1.54, 1.807) is 0 Å². The fraction of sp³-hybridized carbons (Fsp3) is 0.300. The summed E-state index contributed by atoms with van der Waals surface area (Å²) in [6, 6.07) is 0.915. The van der Waals surface area contributed by atoms with Crippen LogP contribution in [0.3, 0.4) is 0 Å². The summed E-state index contributed by atoms with van der Waals surface area (Å²) in [6.07, 6.45) is 0. The number of aliphatic hydroxyl groups is 1. The van der Waals surface area contributed by atoms with Crippen molar-refractivity contribution in [1.82, 2.24) is 4.72 Å². The molecule has 112 valence electrons. The maximum Gasteiger partial charge on any atom is 0.326 e. The van der Waals surface area contributed by atoms with E-state index in [0.717, 1.165) is 7.11 Å². The van der Waals surface area contributed by atoms with Crippen LogP contribution < -0.4 is 4.72 Å². The summed E-state index contributed by atoms with van der Waals surface area (Å²) in [6.45, 7) is -0.783. The van der Waals surface area contributed by atoms with Gasteiger partial charge < -0.3 is 9.84 Å². The molecule has 10 heteroatoms. The van der Waals surface area contributed by atoms with E-state index in [9.17, 15) is 13.2 Å². The van der Waals surface area contributed by atoms with Gasteiger partial charge in [-0.2, -0.15) is 4.72 Å². The van der Waals surface area contributed by atoms with Crippen molar-refractivity contribution in [2.24, 2.45) is 0 Å². The maximum absolute atomic E-state index is 12.1. The SMILES string of the molecule is COC(=O)C(CO)NS(=O)(=O)c1c(Cl)cc(Cl)cc1Cl. The number of methoxy groups -OCH3 is 1. The Morgan fingerprint density at radius 3 is 2.25 bits per heavy atom. The number of hydrogen-bond donors (Lipinski definition) is 2. The first-order valence-electron chi connectivity index (χ1n) is 5.08. The van der Waals surface area contributed by atoms with Crippen LogP contribution in [-0.2, 0) is 19.6 Å². The fourth-order valence-corrected chi connectivity index (χ4v) is 4.05. The Kier molecular flexibility index (Phi) is 6.06. The standard InChI is InChI=1S/C10H10Cl3NO5S/c1-19-10(16)8(4-15)14-20(17,18)9-6(12)2-5(11)3-7(9)13/h2-3,8,14-15H,4H2,1H3. The highest BCUT2D eigenvalue weighted by Crippen LogP contribution is 2.32. The molecule has 0 heterocycles. The quantitative estimate of drug-likeness (QED) is 0.774. The molecular formula is C10H10Cl3NO5S. The number of carbonyl (C=O) groups excluding carboxylic acids is 1. The minimum Gasteiger partial charge on any atom is -0.468 e. The summed E-state index contributed by atoms with van der Waals surface area (Å²) >= 11 is 17.3. The van der Waals surface area contributed by atoms with Crippen LogP contribution >= 0.6 is 34.8 Å². The second-order valence-electron chi connectivity index (χ2n) is 3.58. The number of esters is 1. The van der Waals surface area contributed by atoms with Gasteiger partial charge in [-0.1, -0.05) is 34.8 Å². The van der Waals surface area contributed by atoms with Crippen molar-refractivity contribution >= 4 is 50.8 Å². The van der Waals surface area contributed by atoms with Crippen LogP contribution in [0.15, 0.2) is 17.0 Å². The first-order chi connectivity index (χ1) is 9.22. The van der Waals surface area contributed by atoms with Gasteiger partial charge in [-0.05, 0) is 12.1 Å². The van der Waals surface area contributed by atoms with Crippen LogP contribution in [-0.4, -0.2) is 39.3 Å². The molecule has 1 aromatic carbocycles. The first kappa shape index (κ1) is 17.5. The summed E-state index contributed by atoms with van der Waals surface area (Å²) in [5.41, 5.74) is 0. The average Bonchev–Trinajstić information content (AvgIpc) is 2.33. The minimum absolute atomic E-state index is 0.158. The van der Waals surface area contributed by atoms with Crippen molar-refractivity contribution in [2.75, 3.05) is 13.7 Å². The number of benzene rings is 1. The molecule has 0 aliphatic rings. The maximum atomic E-state index is 12.1. The Morgan fingerprint density at radius 2 is 1.85 bits per heavy atom. The number of sulfonamides is 1. The summed E-state index contributed by atoms with van der Waals surface area (Å²) in [4.78, 5) is 10.8. The Morgan fingerprint density at radius 1 is 1.35 bits per heavy atom. The van der Waals surface area contributed by atoms with Crippen LogP contribution in [0.4, 0.5) is 0 Å². The van der Waals surface area contributed by atoms with Gasteiger partial charge in [-0.15, -0.1) is 0 Å². The van der Waals surface area contributed by atoms with Crippen LogP contribution in [0, 0.1) is 0 Å². The third-order valence-electron chi connectivity index (χ3n) is 2.20. The first-order valence-corrected chi connectivity index (χ1v) is 7.70. The Hall–Kier alpha value is -0.570. The van der Waals surface area contributed by atoms with E-state index < -0.39 is 33.5 Å². The van der Waals surface area contributed by atoms with Gasteiger partial charge in [0, 0.05) is 5.02 Å². The van der Waals surface area contributed by atoms with E-state index in [-0.39, 0.29) is 15.1 Å². The topological polar surface area (TPSA) is 92.7 Å². The lowest BCUT2D eigenvalue weighted by atomic mass is 10.3. The van der Waals surface area contributed by atoms with Gasteiger partial charge in [-0.3, -0.25) is 4.79 Å².